The molecule has 0 fully saturated rings. The van der Waals surface area contributed by atoms with E-state index in [1.807, 2.05) is 18.2 Å². The van der Waals surface area contributed by atoms with Gasteiger partial charge < -0.3 is 0 Å². The number of alkyl halides is 1. The Bertz CT molecular complexity index is 736. The molecule has 21 heavy (non-hydrogen) atoms. The highest BCUT2D eigenvalue weighted by molar-refractivity contribution is 6.32. The summed E-state index contributed by atoms with van der Waals surface area (Å²) in [6.07, 6.45) is 1.43. The van der Waals surface area contributed by atoms with Gasteiger partial charge in [0, 0.05) is 19.5 Å². The van der Waals surface area contributed by atoms with Crippen molar-refractivity contribution in [1.82, 2.24) is 9.13 Å². The first-order valence-electron chi connectivity index (χ1n) is 6.68. The quantitative estimate of drug-likeness (QED) is 0.481. The number of hydrogen-bond donors (Lipinski definition) is 0. The topological polar surface area (TPSA) is 44.0 Å². The predicted octanol–water partition coefficient (Wildman–Crippen LogP) is 2.89. The molecular formula is C15H16Cl2N2O2. The highest BCUT2D eigenvalue weighted by atomic mass is 35.5. The number of rotatable bonds is 5. The molecule has 0 aliphatic carbocycles. The van der Waals surface area contributed by atoms with Gasteiger partial charge in [-0.25, -0.2) is 4.79 Å². The van der Waals surface area contributed by atoms with E-state index < -0.39 is 5.69 Å². The van der Waals surface area contributed by atoms with Crippen molar-refractivity contribution >= 4 is 23.2 Å². The van der Waals surface area contributed by atoms with Crippen LogP contribution in [-0.4, -0.2) is 15.0 Å². The Balaban J connectivity index is 2.61. The van der Waals surface area contributed by atoms with Crippen LogP contribution >= 0.6 is 23.2 Å². The van der Waals surface area contributed by atoms with E-state index in [1.165, 1.54) is 9.13 Å². The van der Waals surface area contributed by atoms with Crippen molar-refractivity contribution in [2.75, 3.05) is 5.88 Å². The minimum Gasteiger partial charge on any atom is -0.286 e. The molecule has 0 unspecified atom stereocenters. The minimum absolute atomic E-state index is 0.157. The molecule has 1 heterocycles. The molecule has 0 spiro atoms. The second-order valence-electron chi connectivity index (χ2n) is 4.73. The van der Waals surface area contributed by atoms with Crippen LogP contribution in [0.1, 0.15) is 12.8 Å². The average Bonchev–Trinajstić information content (AvgIpc) is 2.50. The molecule has 0 aliphatic heterocycles. The Morgan fingerprint density at radius 1 is 1.10 bits per heavy atom. The highest BCUT2D eigenvalue weighted by Gasteiger charge is 2.16. The van der Waals surface area contributed by atoms with Gasteiger partial charge in [-0.1, -0.05) is 41.9 Å². The van der Waals surface area contributed by atoms with E-state index in [0.717, 1.165) is 6.42 Å². The van der Waals surface area contributed by atoms with Gasteiger partial charge in [-0.3, -0.25) is 13.9 Å². The zero-order chi connectivity index (χ0) is 15.4. The second-order valence-corrected chi connectivity index (χ2v) is 5.46. The Morgan fingerprint density at radius 2 is 1.76 bits per heavy atom. The molecule has 6 heteroatoms. The van der Waals surface area contributed by atoms with E-state index >= 15 is 0 Å². The largest absolute Gasteiger partial charge is 0.331 e. The van der Waals surface area contributed by atoms with Gasteiger partial charge in [0.05, 0.1) is 5.56 Å². The third kappa shape index (κ3) is 3.22. The number of aromatic nitrogens is 2. The number of hydrogen-bond acceptors (Lipinski definition) is 2. The van der Waals surface area contributed by atoms with Crippen LogP contribution in [0.2, 0.25) is 5.15 Å². The SMILES string of the molecule is Cn1c(Cl)c(-c2ccccc2)c(=O)n(CCCCCl)c1=O. The van der Waals surface area contributed by atoms with Gasteiger partial charge in [0.15, 0.2) is 0 Å². The fourth-order valence-electron chi connectivity index (χ4n) is 2.15. The van der Waals surface area contributed by atoms with Crippen LogP contribution in [0.5, 0.6) is 0 Å². The predicted molar refractivity (Wildman–Crippen MR) is 86.3 cm³/mol. The summed E-state index contributed by atoms with van der Waals surface area (Å²) in [5.74, 6) is 0.508. The molecule has 0 saturated carbocycles. The van der Waals surface area contributed by atoms with E-state index in [9.17, 15) is 9.59 Å². The van der Waals surface area contributed by atoms with Gasteiger partial charge in [0.25, 0.3) is 5.56 Å². The first-order valence-corrected chi connectivity index (χ1v) is 7.60. The Morgan fingerprint density at radius 3 is 2.38 bits per heavy atom. The molecule has 0 atom stereocenters. The van der Waals surface area contributed by atoms with Crippen LogP contribution in [0.15, 0.2) is 39.9 Å². The lowest BCUT2D eigenvalue weighted by atomic mass is 10.1. The van der Waals surface area contributed by atoms with Crippen molar-refractivity contribution in [3.8, 4) is 11.1 Å². The normalized spacial score (nSPS) is 10.8. The molecule has 0 bridgehead atoms. The zero-order valence-corrected chi connectivity index (χ0v) is 13.2. The van der Waals surface area contributed by atoms with Crippen LogP contribution < -0.4 is 11.2 Å². The third-order valence-electron chi connectivity index (χ3n) is 3.31. The maximum absolute atomic E-state index is 12.6. The molecular weight excluding hydrogens is 311 g/mol. The number of benzene rings is 1. The Kier molecular flexibility index (Phi) is 5.26. The molecule has 2 aromatic rings. The first-order chi connectivity index (χ1) is 10.1. The monoisotopic (exact) mass is 326 g/mol. The molecule has 0 saturated heterocycles. The van der Waals surface area contributed by atoms with Crippen LogP contribution in [0.25, 0.3) is 11.1 Å². The fraction of sp³-hybridized carbons (Fsp3) is 0.333. The number of unbranched alkanes of at least 4 members (excludes halogenated alkanes) is 1. The zero-order valence-electron chi connectivity index (χ0n) is 11.7. The summed E-state index contributed by atoms with van der Waals surface area (Å²) < 4.78 is 2.52. The maximum atomic E-state index is 12.6. The maximum Gasteiger partial charge on any atom is 0.331 e. The van der Waals surface area contributed by atoms with Crippen LogP contribution in [0.4, 0.5) is 0 Å². The van der Waals surface area contributed by atoms with Crippen molar-refractivity contribution in [2.45, 2.75) is 19.4 Å². The fourth-order valence-corrected chi connectivity index (χ4v) is 2.60. The summed E-state index contributed by atoms with van der Waals surface area (Å²) in [7, 11) is 1.56. The van der Waals surface area contributed by atoms with Gasteiger partial charge in [-0.05, 0) is 18.4 Å². The first kappa shape index (κ1) is 15.9. The molecule has 1 aromatic carbocycles. The average molecular weight is 327 g/mol. The van der Waals surface area contributed by atoms with Crippen molar-refractivity contribution in [3.63, 3.8) is 0 Å². The molecule has 0 aliphatic rings. The summed E-state index contributed by atoms with van der Waals surface area (Å²) in [6, 6.07) is 9.12. The summed E-state index contributed by atoms with van der Waals surface area (Å²) in [5, 5.41) is 0.157. The summed E-state index contributed by atoms with van der Waals surface area (Å²) >= 11 is 11.8. The minimum atomic E-state index is -0.403. The molecule has 0 N–H and O–H groups in total. The summed E-state index contributed by atoms with van der Waals surface area (Å²) in [6.45, 7) is 0.342. The van der Waals surface area contributed by atoms with Crippen molar-refractivity contribution < 1.29 is 0 Å². The lowest BCUT2D eigenvalue weighted by Gasteiger charge is -2.13. The van der Waals surface area contributed by atoms with E-state index in [0.29, 0.717) is 30.0 Å². The summed E-state index contributed by atoms with van der Waals surface area (Å²) in [5.41, 5.74) is 0.294. The summed E-state index contributed by atoms with van der Waals surface area (Å²) in [4.78, 5) is 24.8. The van der Waals surface area contributed by atoms with Crippen molar-refractivity contribution in [1.29, 1.82) is 0 Å². The molecule has 4 nitrogen and oxygen atoms in total. The van der Waals surface area contributed by atoms with Crippen molar-refractivity contribution in [3.05, 3.63) is 56.3 Å². The van der Waals surface area contributed by atoms with Gasteiger partial charge in [0.2, 0.25) is 0 Å². The van der Waals surface area contributed by atoms with E-state index in [-0.39, 0.29) is 10.7 Å². The van der Waals surface area contributed by atoms with Crippen LogP contribution in [-0.2, 0) is 13.6 Å². The van der Waals surface area contributed by atoms with E-state index in [2.05, 4.69) is 0 Å². The number of nitrogens with zero attached hydrogens (tertiary/aromatic N) is 2. The van der Waals surface area contributed by atoms with E-state index in [1.54, 1.807) is 19.2 Å². The molecule has 0 amide bonds. The van der Waals surface area contributed by atoms with Gasteiger partial charge in [0.1, 0.15) is 5.15 Å². The van der Waals surface area contributed by atoms with E-state index in [4.69, 9.17) is 23.2 Å². The van der Waals surface area contributed by atoms with Crippen LogP contribution in [0.3, 0.4) is 0 Å². The molecule has 0 radical (unpaired) electrons. The smallest absolute Gasteiger partial charge is 0.286 e. The lowest BCUT2D eigenvalue weighted by molar-refractivity contribution is 0.560. The van der Waals surface area contributed by atoms with Gasteiger partial charge >= 0.3 is 5.69 Å². The third-order valence-corrected chi connectivity index (χ3v) is 4.02. The molecule has 2 rings (SSSR count). The van der Waals surface area contributed by atoms with Crippen LogP contribution in [0, 0.1) is 0 Å². The van der Waals surface area contributed by atoms with Gasteiger partial charge in [-0.15, -0.1) is 11.6 Å². The lowest BCUT2D eigenvalue weighted by Crippen LogP contribution is -2.40. The number of halogens is 2. The van der Waals surface area contributed by atoms with Crippen molar-refractivity contribution in [2.24, 2.45) is 7.05 Å². The standard InChI is InChI=1S/C15H16Cl2N2O2/c1-18-13(17)12(11-7-3-2-4-8-11)14(20)19(15(18)21)10-6-5-9-16/h2-4,7-8H,5-6,9-10H2,1H3. The Labute approximate surface area is 132 Å². The molecule has 112 valence electrons. The second kappa shape index (κ2) is 6.96. The highest BCUT2D eigenvalue weighted by Crippen LogP contribution is 2.22. The van der Waals surface area contributed by atoms with Gasteiger partial charge in [-0.2, -0.15) is 0 Å². The molecule has 1 aromatic heterocycles. The Hall–Kier alpha value is -1.52.